The summed E-state index contributed by atoms with van der Waals surface area (Å²) in [5, 5.41) is 28.3. The maximum absolute atomic E-state index is 11.3. The molecule has 17 heavy (non-hydrogen) atoms. The van der Waals surface area contributed by atoms with Crippen molar-refractivity contribution in [3.63, 3.8) is 0 Å². The summed E-state index contributed by atoms with van der Waals surface area (Å²) in [6.07, 6.45) is 1.92. The number of aliphatic carboxylic acids is 1. The molecule has 0 aliphatic heterocycles. The minimum absolute atomic E-state index is 0.0903. The highest BCUT2D eigenvalue weighted by Gasteiger charge is 2.46. The van der Waals surface area contributed by atoms with Crippen LogP contribution in [0.5, 0.6) is 17.2 Å². The van der Waals surface area contributed by atoms with Crippen LogP contribution < -0.4 is 4.74 Å². The van der Waals surface area contributed by atoms with Crippen LogP contribution in [-0.2, 0) is 10.2 Å². The van der Waals surface area contributed by atoms with E-state index in [1.807, 2.05) is 0 Å². The molecule has 3 N–H and O–H groups in total. The normalized spacial score (nSPS) is 17.2. The van der Waals surface area contributed by atoms with Crippen LogP contribution in [0.15, 0.2) is 12.1 Å². The van der Waals surface area contributed by atoms with Gasteiger partial charge in [0.2, 0.25) is 5.75 Å². The Morgan fingerprint density at radius 2 is 2.00 bits per heavy atom. The second kappa shape index (κ2) is 3.84. The number of phenolic OH excluding ortho intramolecular Hbond substituents is 2. The van der Waals surface area contributed by atoms with Crippen LogP contribution in [0.4, 0.5) is 0 Å². The first-order valence-electron chi connectivity index (χ1n) is 5.35. The number of hydrogen-bond donors (Lipinski definition) is 3. The number of rotatable bonds is 3. The summed E-state index contributed by atoms with van der Waals surface area (Å²) >= 11 is 0. The van der Waals surface area contributed by atoms with Gasteiger partial charge in [0.15, 0.2) is 11.5 Å². The molecule has 2 rings (SSSR count). The fraction of sp³-hybridized carbons (Fsp3) is 0.417. The lowest BCUT2D eigenvalue weighted by Crippen LogP contribution is -2.42. The summed E-state index contributed by atoms with van der Waals surface area (Å²) in [4.78, 5) is 11.3. The standard InChI is InChI=1S/C12H14O5/c1-17-9-6-7(5-8(13)10(9)14)12(11(15)16)3-2-4-12/h5-6,13-14H,2-4H2,1H3,(H,15,16). The quantitative estimate of drug-likeness (QED) is 0.696. The van der Waals surface area contributed by atoms with Crippen molar-refractivity contribution in [3.05, 3.63) is 17.7 Å². The molecule has 1 aliphatic carbocycles. The van der Waals surface area contributed by atoms with Gasteiger partial charge in [-0.1, -0.05) is 6.42 Å². The van der Waals surface area contributed by atoms with Crippen molar-refractivity contribution < 1.29 is 24.9 Å². The van der Waals surface area contributed by atoms with Crippen LogP contribution in [-0.4, -0.2) is 28.4 Å². The van der Waals surface area contributed by atoms with E-state index in [9.17, 15) is 20.1 Å². The first-order valence-corrected chi connectivity index (χ1v) is 5.35. The van der Waals surface area contributed by atoms with Crippen LogP contribution in [0.2, 0.25) is 0 Å². The predicted molar refractivity (Wildman–Crippen MR) is 59.5 cm³/mol. The monoisotopic (exact) mass is 238 g/mol. The van der Waals surface area contributed by atoms with E-state index in [1.165, 1.54) is 19.2 Å². The third-order valence-electron chi connectivity index (χ3n) is 3.44. The molecule has 1 aromatic rings. The molecule has 0 amide bonds. The second-order valence-corrected chi connectivity index (χ2v) is 4.29. The van der Waals surface area contributed by atoms with Gasteiger partial charge in [-0.25, -0.2) is 0 Å². The van der Waals surface area contributed by atoms with Crippen molar-refractivity contribution in [2.45, 2.75) is 24.7 Å². The summed E-state index contributed by atoms with van der Waals surface area (Å²) in [6.45, 7) is 0. The van der Waals surface area contributed by atoms with E-state index in [4.69, 9.17) is 4.74 Å². The van der Waals surface area contributed by atoms with Crippen LogP contribution in [0.3, 0.4) is 0 Å². The van der Waals surface area contributed by atoms with Crippen LogP contribution in [0.1, 0.15) is 24.8 Å². The van der Waals surface area contributed by atoms with E-state index in [-0.39, 0.29) is 17.2 Å². The maximum atomic E-state index is 11.3. The minimum atomic E-state index is -0.946. The number of carboxylic acids is 1. The Hall–Kier alpha value is -1.91. The lowest BCUT2D eigenvalue weighted by atomic mass is 9.64. The van der Waals surface area contributed by atoms with Gasteiger partial charge in [-0.15, -0.1) is 0 Å². The second-order valence-electron chi connectivity index (χ2n) is 4.29. The largest absolute Gasteiger partial charge is 0.504 e. The molecule has 5 heteroatoms. The highest BCUT2D eigenvalue weighted by molar-refractivity contribution is 5.83. The molecule has 1 fully saturated rings. The average Bonchev–Trinajstić information content (AvgIpc) is 2.20. The molecule has 0 spiro atoms. The van der Waals surface area contributed by atoms with E-state index in [1.54, 1.807) is 0 Å². The molecule has 0 radical (unpaired) electrons. The smallest absolute Gasteiger partial charge is 0.314 e. The zero-order valence-electron chi connectivity index (χ0n) is 9.43. The van der Waals surface area contributed by atoms with Crippen molar-refractivity contribution in [1.82, 2.24) is 0 Å². The van der Waals surface area contributed by atoms with Crippen molar-refractivity contribution in [3.8, 4) is 17.2 Å². The van der Waals surface area contributed by atoms with Gasteiger partial charge in [0.05, 0.1) is 12.5 Å². The van der Waals surface area contributed by atoms with Gasteiger partial charge in [-0.05, 0) is 30.5 Å². The number of aromatic hydroxyl groups is 2. The summed E-state index contributed by atoms with van der Waals surface area (Å²) in [5.41, 5.74) is -0.471. The Bertz CT molecular complexity index is 462. The molecule has 0 aromatic heterocycles. The molecule has 0 unspecified atom stereocenters. The zero-order chi connectivity index (χ0) is 12.6. The van der Waals surface area contributed by atoms with Gasteiger partial charge in [-0.2, -0.15) is 0 Å². The van der Waals surface area contributed by atoms with Gasteiger partial charge < -0.3 is 20.1 Å². The van der Waals surface area contributed by atoms with Crippen molar-refractivity contribution in [1.29, 1.82) is 0 Å². The molecule has 1 saturated carbocycles. The van der Waals surface area contributed by atoms with E-state index in [0.29, 0.717) is 18.4 Å². The summed E-state index contributed by atoms with van der Waals surface area (Å²) in [7, 11) is 1.35. The lowest BCUT2D eigenvalue weighted by Gasteiger charge is -2.38. The topological polar surface area (TPSA) is 87.0 Å². The van der Waals surface area contributed by atoms with Crippen LogP contribution in [0, 0.1) is 0 Å². The molecule has 0 saturated heterocycles. The van der Waals surface area contributed by atoms with Gasteiger partial charge in [-0.3, -0.25) is 4.79 Å². The number of carboxylic acid groups (broad SMARTS) is 1. The Morgan fingerprint density at radius 1 is 1.35 bits per heavy atom. The van der Waals surface area contributed by atoms with Crippen molar-refractivity contribution in [2.24, 2.45) is 0 Å². The first-order chi connectivity index (χ1) is 8.01. The number of methoxy groups -OCH3 is 1. The molecule has 5 nitrogen and oxygen atoms in total. The van der Waals surface area contributed by atoms with Crippen molar-refractivity contribution >= 4 is 5.97 Å². The third-order valence-corrected chi connectivity index (χ3v) is 3.44. The summed E-state index contributed by atoms with van der Waals surface area (Å²) in [5.74, 6) is -1.54. The van der Waals surface area contributed by atoms with E-state index in [2.05, 4.69) is 0 Å². The van der Waals surface area contributed by atoms with E-state index in [0.717, 1.165) is 6.42 Å². The fourth-order valence-electron chi connectivity index (χ4n) is 2.18. The first kappa shape index (κ1) is 11.6. The zero-order valence-corrected chi connectivity index (χ0v) is 9.43. The van der Waals surface area contributed by atoms with Crippen molar-refractivity contribution in [2.75, 3.05) is 7.11 Å². The number of carbonyl (C=O) groups is 1. The molecule has 0 bridgehead atoms. The average molecular weight is 238 g/mol. The van der Waals surface area contributed by atoms with Crippen LogP contribution in [0.25, 0.3) is 0 Å². The lowest BCUT2D eigenvalue weighted by molar-refractivity contribution is -0.147. The van der Waals surface area contributed by atoms with Gasteiger partial charge in [0.1, 0.15) is 0 Å². The number of phenols is 2. The highest BCUT2D eigenvalue weighted by Crippen LogP contribution is 2.48. The van der Waals surface area contributed by atoms with Gasteiger partial charge in [0, 0.05) is 0 Å². The summed E-state index contributed by atoms with van der Waals surface area (Å²) < 4.78 is 4.91. The number of hydrogen-bond acceptors (Lipinski definition) is 4. The summed E-state index contributed by atoms with van der Waals surface area (Å²) in [6, 6.07) is 2.77. The fourth-order valence-corrected chi connectivity index (χ4v) is 2.18. The van der Waals surface area contributed by atoms with Gasteiger partial charge in [0.25, 0.3) is 0 Å². The highest BCUT2D eigenvalue weighted by atomic mass is 16.5. The van der Waals surface area contributed by atoms with E-state index >= 15 is 0 Å². The molecule has 1 aliphatic rings. The number of benzene rings is 1. The predicted octanol–water partition coefficient (Wildman–Crippen LogP) is 1.61. The van der Waals surface area contributed by atoms with Crippen LogP contribution >= 0.6 is 0 Å². The SMILES string of the molecule is COc1cc(C2(C(=O)O)CCC2)cc(O)c1O. The molecule has 1 aromatic carbocycles. The number of ether oxygens (including phenoxy) is 1. The molecule has 92 valence electrons. The van der Waals surface area contributed by atoms with Gasteiger partial charge >= 0.3 is 5.97 Å². The Morgan fingerprint density at radius 3 is 2.41 bits per heavy atom. The van der Waals surface area contributed by atoms with E-state index < -0.39 is 11.4 Å². The Kier molecular flexibility index (Phi) is 2.61. The molecular formula is C12H14O5. The third kappa shape index (κ3) is 1.58. The Labute approximate surface area is 98.3 Å². The Balaban J connectivity index is 2.52. The molecular weight excluding hydrogens is 224 g/mol. The maximum Gasteiger partial charge on any atom is 0.314 e. The molecule has 0 atom stereocenters. The molecule has 0 heterocycles. The minimum Gasteiger partial charge on any atom is -0.504 e.